The van der Waals surface area contributed by atoms with E-state index in [4.69, 9.17) is 0 Å². The Morgan fingerprint density at radius 3 is 2.47 bits per heavy atom. The summed E-state index contributed by atoms with van der Waals surface area (Å²) in [5, 5.41) is 6.29. The Morgan fingerprint density at radius 1 is 1.26 bits per heavy atom. The molecule has 1 aliphatic carbocycles. The number of hydrogen-bond donors (Lipinski definition) is 2. The van der Waals surface area contributed by atoms with E-state index in [1.165, 1.54) is 0 Å². The Bertz CT molecular complexity index is 399. The molecule has 4 heteroatoms. The Hall–Kier alpha value is -1.42. The van der Waals surface area contributed by atoms with Gasteiger partial charge in [-0.3, -0.25) is 9.78 Å². The lowest BCUT2D eigenvalue weighted by Gasteiger charge is -2.31. The predicted molar refractivity (Wildman–Crippen MR) is 76.8 cm³/mol. The van der Waals surface area contributed by atoms with Crippen molar-refractivity contribution in [1.29, 1.82) is 0 Å². The monoisotopic (exact) mass is 261 g/mol. The lowest BCUT2D eigenvalue weighted by atomic mass is 9.78. The summed E-state index contributed by atoms with van der Waals surface area (Å²) >= 11 is 0. The van der Waals surface area contributed by atoms with Gasteiger partial charge < -0.3 is 10.6 Å². The number of carbonyl (C=O) groups is 1. The second kappa shape index (κ2) is 6.66. The van der Waals surface area contributed by atoms with Crippen molar-refractivity contribution in [2.75, 3.05) is 12.4 Å². The number of nitrogens with one attached hydrogen (secondary N) is 2. The Kier molecular flexibility index (Phi) is 4.91. The number of rotatable bonds is 4. The largest absolute Gasteiger partial charge is 0.326 e. The summed E-state index contributed by atoms with van der Waals surface area (Å²) in [5.74, 6) is 1.02. The molecule has 1 aromatic heterocycles. The van der Waals surface area contributed by atoms with E-state index in [9.17, 15) is 4.79 Å². The average Bonchev–Trinajstić information content (AvgIpc) is 2.47. The molecule has 4 nitrogen and oxygen atoms in total. The maximum Gasteiger partial charge on any atom is 0.227 e. The van der Waals surface area contributed by atoms with Crippen LogP contribution < -0.4 is 10.6 Å². The fraction of sp³-hybridized carbons (Fsp3) is 0.600. The summed E-state index contributed by atoms with van der Waals surface area (Å²) in [5.41, 5.74) is 0.839. The third-order valence-corrected chi connectivity index (χ3v) is 4.25. The molecular weight excluding hydrogens is 238 g/mol. The molecular formula is C15H23N3O. The molecule has 1 heterocycles. The number of carbonyl (C=O) groups excluding carboxylic acids is 1. The summed E-state index contributed by atoms with van der Waals surface area (Å²) in [6, 6.07) is 4.20. The molecule has 1 aromatic rings. The third kappa shape index (κ3) is 3.77. The van der Waals surface area contributed by atoms with Crippen molar-refractivity contribution in [2.45, 2.75) is 38.6 Å². The fourth-order valence-corrected chi connectivity index (χ4v) is 2.80. The highest BCUT2D eigenvalue weighted by molar-refractivity contribution is 5.92. The normalized spacial score (nSPS) is 24.7. The van der Waals surface area contributed by atoms with E-state index in [0.717, 1.165) is 31.4 Å². The van der Waals surface area contributed by atoms with Crippen LogP contribution >= 0.6 is 0 Å². The van der Waals surface area contributed by atoms with Gasteiger partial charge in [-0.1, -0.05) is 0 Å². The van der Waals surface area contributed by atoms with E-state index >= 15 is 0 Å². The molecule has 0 saturated heterocycles. The molecule has 0 radical (unpaired) electrons. The SMILES string of the molecule is CNC(C)C1CCC(C(=O)Nc2ccncc2)CC1. The van der Waals surface area contributed by atoms with Gasteiger partial charge in [0.2, 0.25) is 5.91 Å². The van der Waals surface area contributed by atoms with Crippen LogP contribution in [0.25, 0.3) is 0 Å². The van der Waals surface area contributed by atoms with Crippen LogP contribution in [-0.2, 0) is 4.79 Å². The number of aromatic nitrogens is 1. The minimum atomic E-state index is 0.154. The molecule has 1 aliphatic rings. The third-order valence-electron chi connectivity index (χ3n) is 4.25. The molecule has 0 aliphatic heterocycles. The van der Waals surface area contributed by atoms with E-state index in [2.05, 4.69) is 22.5 Å². The van der Waals surface area contributed by atoms with Crippen molar-refractivity contribution in [1.82, 2.24) is 10.3 Å². The van der Waals surface area contributed by atoms with E-state index in [-0.39, 0.29) is 11.8 Å². The van der Waals surface area contributed by atoms with Gasteiger partial charge in [0, 0.05) is 30.0 Å². The number of pyridine rings is 1. The predicted octanol–water partition coefficient (Wildman–Crippen LogP) is 2.43. The highest BCUT2D eigenvalue weighted by Gasteiger charge is 2.28. The molecule has 1 saturated carbocycles. The summed E-state index contributed by atoms with van der Waals surface area (Å²) in [6.07, 6.45) is 7.65. The quantitative estimate of drug-likeness (QED) is 0.875. The molecule has 1 fully saturated rings. The first kappa shape index (κ1) is 14.0. The first-order valence-corrected chi connectivity index (χ1v) is 7.09. The van der Waals surface area contributed by atoms with Crippen molar-refractivity contribution in [3.63, 3.8) is 0 Å². The van der Waals surface area contributed by atoms with Crippen LogP contribution in [0.3, 0.4) is 0 Å². The Morgan fingerprint density at radius 2 is 1.89 bits per heavy atom. The first-order chi connectivity index (χ1) is 9.20. The first-order valence-electron chi connectivity index (χ1n) is 7.09. The van der Waals surface area contributed by atoms with Crippen molar-refractivity contribution < 1.29 is 4.79 Å². The van der Waals surface area contributed by atoms with Gasteiger partial charge in [-0.25, -0.2) is 0 Å². The zero-order valence-corrected chi connectivity index (χ0v) is 11.7. The maximum absolute atomic E-state index is 12.2. The van der Waals surface area contributed by atoms with Crippen molar-refractivity contribution in [3.8, 4) is 0 Å². The van der Waals surface area contributed by atoms with Crippen molar-refractivity contribution in [2.24, 2.45) is 11.8 Å². The van der Waals surface area contributed by atoms with Crippen LogP contribution in [0.5, 0.6) is 0 Å². The second-order valence-corrected chi connectivity index (χ2v) is 5.41. The minimum absolute atomic E-state index is 0.154. The summed E-state index contributed by atoms with van der Waals surface area (Å²) in [6.45, 7) is 2.22. The fourth-order valence-electron chi connectivity index (χ4n) is 2.80. The molecule has 1 amide bonds. The zero-order valence-electron chi connectivity index (χ0n) is 11.7. The topological polar surface area (TPSA) is 54.0 Å². The number of anilines is 1. The smallest absolute Gasteiger partial charge is 0.227 e. The van der Waals surface area contributed by atoms with E-state index < -0.39 is 0 Å². The van der Waals surface area contributed by atoms with E-state index in [0.29, 0.717) is 12.0 Å². The van der Waals surface area contributed by atoms with Crippen molar-refractivity contribution in [3.05, 3.63) is 24.5 Å². The average molecular weight is 261 g/mol. The zero-order chi connectivity index (χ0) is 13.7. The van der Waals surface area contributed by atoms with Crippen molar-refractivity contribution >= 4 is 11.6 Å². The van der Waals surface area contributed by atoms with Crippen LogP contribution in [0.1, 0.15) is 32.6 Å². The van der Waals surface area contributed by atoms with Gasteiger partial charge >= 0.3 is 0 Å². The highest BCUT2D eigenvalue weighted by atomic mass is 16.1. The van der Waals surface area contributed by atoms with Gasteiger partial charge in [0.25, 0.3) is 0 Å². The van der Waals surface area contributed by atoms with Gasteiger partial charge in [-0.05, 0) is 57.7 Å². The molecule has 1 atom stereocenters. The van der Waals surface area contributed by atoms with Crippen LogP contribution in [0.4, 0.5) is 5.69 Å². The Labute approximate surface area is 115 Å². The van der Waals surface area contributed by atoms with E-state index in [1.807, 2.05) is 19.2 Å². The summed E-state index contributed by atoms with van der Waals surface area (Å²) in [7, 11) is 2.01. The lowest BCUT2D eigenvalue weighted by Crippen LogP contribution is -2.35. The number of amides is 1. The molecule has 1 unspecified atom stereocenters. The molecule has 104 valence electrons. The Balaban J connectivity index is 1.83. The molecule has 0 aromatic carbocycles. The number of hydrogen-bond acceptors (Lipinski definition) is 3. The summed E-state index contributed by atoms with van der Waals surface area (Å²) < 4.78 is 0. The molecule has 2 rings (SSSR count). The lowest BCUT2D eigenvalue weighted by molar-refractivity contribution is -0.121. The standard InChI is InChI=1S/C15H23N3O/c1-11(16-2)12-3-5-13(6-4-12)15(19)18-14-7-9-17-10-8-14/h7-13,16H,3-6H2,1-2H3,(H,17,18,19). The molecule has 0 bridgehead atoms. The molecule has 0 spiro atoms. The minimum Gasteiger partial charge on any atom is -0.326 e. The van der Waals surface area contributed by atoms with Gasteiger partial charge in [-0.2, -0.15) is 0 Å². The summed E-state index contributed by atoms with van der Waals surface area (Å²) in [4.78, 5) is 16.1. The van der Waals surface area contributed by atoms with Gasteiger partial charge in [0.05, 0.1) is 0 Å². The van der Waals surface area contributed by atoms with Crippen LogP contribution in [0.2, 0.25) is 0 Å². The van der Waals surface area contributed by atoms with Crippen LogP contribution in [0.15, 0.2) is 24.5 Å². The highest BCUT2D eigenvalue weighted by Crippen LogP contribution is 2.31. The van der Waals surface area contributed by atoms with E-state index in [1.54, 1.807) is 12.4 Å². The second-order valence-electron chi connectivity index (χ2n) is 5.41. The molecule has 19 heavy (non-hydrogen) atoms. The molecule has 2 N–H and O–H groups in total. The van der Waals surface area contributed by atoms with Gasteiger partial charge in [0.1, 0.15) is 0 Å². The van der Waals surface area contributed by atoms with Crippen LogP contribution in [0, 0.1) is 11.8 Å². The van der Waals surface area contributed by atoms with Crippen LogP contribution in [-0.4, -0.2) is 24.0 Å². The maximum atomic E-state index is 12.2. The number of nitrogens with zero attached hydrogens (tertiary/aromatic N) is 1. The van der Waals surface area contributed by atoms with Gasteiger partial charge in [0.15, 0.2) is 0 Å². The van der Waals surface area contributed by atoms with Gasteiger partial charge in [-0.15, -0.1) is 0 Å².